The van der Waals surface area contributed by atoms with Crippen molar-refractivity contribution in [3.63, 3.8) is 0 Å². The molecule has 0 aliphatic carbocycles. The first-order valence-electron chi connectivity index (χ1n) is 8.20. The zero-order chi connectivity index (χ0) is 16.4. The molecular weight excluding hydrogens is 302 g/mol. The summed E-state index contributed by atoms with van der Waals surface area (Å²) in [6.07, 6.45) is 9.46. The van der Waals surface area contributed by atoms with Gasteiger partial charge in [0.25, 0.3) is 5.91 Å². The molecular formula is C18H19N5O. The Balaban J connectivity index is 1.60. The largest absolute Gasteiger partial charge is 0.336 e. The Labute approximate surface area is 140 Å². The van der Waals surface area contributed by atoms with Crippen LogP contribution in [0.25, 0.3) is 5.69 Å². The van der Waals surface area contributed by atoms with Crippen LogP contribution in [0.2, 0.25) is 0 Å². The highest BCUT2D eigenvalue weighted by Gasteiger charge is 2.27. The van der Waals surface area contributed by atoms with Gasteiger partial charge >= 0.3 is 0 Å². The van der Waals surface area contributed by atoms with E-state index in [0.717, 1.165) is 30.6 Å². The molecule has 1 amide bonds. The van der Waals surface area contributed by atoms with Gasteiger partial charge in [0.2, 0.25) is 0 Å². The molecule has 0 spiro atoms. The number of hydrogen-bond acceptors (Lipinski definition) is 3. The van der Waals surface area contributed by atoms with Crippen LogP contribution in [0, 0.1) is 0 Å². The number of carbonyl (C=O) groups excluding carboxylic acids is 1. The first kappa shape index (κ1) is 14.7. The minimum absolute atomic E-state index is 0.0733. The van der Waals surface area contributed by atoms with Crippen LogP contribution < -0.4 is 0 Å². The summed E-state index contributed by atoms with van der Waals surface area (Å²) in [5.74, 6) is 0.0733. The van der Waals surface area contributed by atoms with Gasteiger partial charge in [-0.15, -0.1) is 5.10 Å². The lowest BCUT2D eigenvalue weighted by Crippen LogP contribution is -2.41. The molecule has 4 rings (SSSR count). The number of carbonyl (C=O) groups is 1. The predicted molar refractivity (Wildman–Crippen MR) is 90.0 cm³/mol. The van der Waals surface area contributed by atoms with Crippen molar-refractivity contribution < 1.29 is 4.79 Å². The minimum Gasteiger partial charge on any atom is -0.336 e. The zero-order valence-corrected chi connectivity index (χ0v) is 13.3. The summed E-state index contributed by atoms with van der Waals surface area (Å²) in [5.41, 5.74) is 1.64. The summed E-state index contributed by atoms with van der Waals surface area (Å²) in [6, 6.07) is 11.9. The third-order valence-corrected chi connectivity index (χ3v) is 4.52. The number of piperidine rings is 1. The van der Waals surface area contributed by atoms with Crippen LogP contribution in [0.3, 0.4) is 0 Å². The fourth-order valence-corrected chi connectivity index (χ4v) is 3.31. The maximum Gasteiger partial charge on any atom is 0.256 e. The molecule has 1 aliphatic rings. The van der Waals surface area contributed by atoms with Crippen LogP contribution in [0.1, 0.15) is 29.2 Å². The van der Waals surface area contributed by atoms with Gasteiger partial charge in [0, 0.05) is 31.7 Å². The lowest BCUT2D eigenvalue weighted by atomic mass is 10.0. The number of hydrogen-bond donors (Lipinski definition) is 0. The number of likely N-dealkylation sites (tertiary alicyclic amines) is 1. The minimum atomic E-state index is 0.0733. The molecule has 6 heteroatoms. The van der Waals surface area contributed by atoms with Gasteiger partial charge in [-0.25, -0.2) is 4.68 Å². The van der Waals surface area contributed by atoms with E-state index in [1.54, 1.807) is 6.20 Å². The van der Waals surface area contributed by atoms with E-state index in [1.165, 1.54) is 0 Å². The van der Waals surface area contributed by atoms with Crippen LogP contribution in [0.5, 0.6) is 0 Å². The van der Waals surface area contributed by atoms with Crippen molar-refractivity contribution in [2.24, 2.45) is 0 Å². The van der Waals surface area contributed by atoms with Gasteiger partial charge < -0.3 is 9.47 Å². The topological polar surface area (TPSA) is 56.0 Å². The summed E-state index contributed by atoms with van der Waals surface area (Å²) in [7, 11) is 0. The summed E-state index contributed by atoms with van der Waals surface area (Å²) < 4.78 is 3.84. The molecule has 24 heavy (non-hydrogen) atoms. The van der Waals surface area contributed by atoms with E-state index in [4.69, 9.17) is 0 Å². The average Bonchev–Trinajstić information content (AvgIpc) is 3.35. The van der Waals surface area contributed by atoms with Gasteiger partial charge in [0.05, 0.1) is 23.5 Å². The number of para-hydroxylation sites is 1. The van der Waals surface area contributed by atoms with Gasteiger partial charge in [0.1, 0.15) is 0 Å². The molecule has 0 saturated carbocycles. The normalized spacial score (nSPS) is 17.8. The van der Waals surface area contributed by atoms with E-state index >= 15 is 0 Å². The van der Waals surface area contributed by atoms with E-state index in [-0.39, 0.29) is 11.9 Å². The van der Waals surface area contributed by atoms with E-state index in [9.17, 15) is 4.79 Å². The van der Waals surface area contributed by atoms with E-state index in [2.05, 4.69) is 10.3 Å². The van der Waals surface area contributed by atoms with Crippen LogP contribution in [0.15, 0.2) is 61.2 Å². The van der Waals surface area contributed by atoms with E-state index in [1.807, 2.05) is 69.1 Å². The Morgan fingerprint density at radius 3 is 2.71 bits per heavy atom. The van der Waals surface area contributed by atoms with Crippen LogP contribution in [-0.4, -0.2) is 43.5 Å². The summed E-state index contributed by atoms with van der Waals surface area (Å²) >= 11 is 0. The highest BCUT2D eigenvalue weighted by atomic mass is 16.2. The van der Waals surface area contributed by atoms with Crippen LogP contribution >= 0.6 is 0 Å². The van der Waals surface area contributed by atoms with Gasteiger partial charge in [-0.2, -0.15) is 0 Å². The molecule has 3 aromatic rings. The Morgan fingerprint density at radius 2 is 1.92 bits per heavy atom. The predicted octanol–water partition coefficient (Wildman–Crippen LogP) is 2.55. The third kappa shape index (κ3) is 2.71. The molecule has 1 aliphatic heterocycles. The van der Waals surface area contributed by atoms with Crippen molar-refractivity contribution in [3.05, 3.63) is 66.7 Å². The maximum absolute atomic E-state index is 13.1. The average molecular weight is 321 g/mol. The van der Waals surface area contributed by atoms with Crippen molar-refractivity contribution in [2.45, 2.75) is 18.9 Å². The lowest BCUT2D eigenvalue weighted by Gasteiger charge is -2.33. The fraction of sp³-hybridized carbons (Fsp3) is 0.278. The number of nitrogens with zero attached hydrogens (tertiary/aromatic N) is 5. The monoisotopic (exact) mass is 321 g/mol. The lowest BCUT2D eigenvalue weighted by molar-refractivity contribution is 0.0672. The van der Waals surface area contributed by atoms with Gasteiger partial charge in [-0.1, -0.05) is 17.3 Å². The smallest absolute Gasteiger partial charge is 0.256 e. The van der Waals surface area contributed by atoms with Crippen molar-refractivity contribution in [1.82, 2.24) is 24.5 Å². The molecule has 122 valence electrons. The van der Waals surface area contributed by atoms with Crippen molar-refractivity contribution in [1.29, 1.82) is 0 Å². The second kappa shape index (κ2) is 6.31. The Morgan fingerprint density at radius 1 is 1.08 bits per heavy atom. The van der Waals surface area contributed by atoms with Gasteiger partial charge in [-0.3, -0.25) is 4.79 Å². The van der Waals surface area contributed by atoms with Gasteiger partial charge in [0.15, 0.2) is 0 Å². The SMILES string of the molecule is O=C(c1ccccc1-n1cccc1)N1CCCC(n2ccnn2)C1. The van der Waals surface area contributed by atoms with E-state index in [0.29, 0.717) is 6.54 Å². The molecule has 0 N–H and O–H groups in total. The highest BCUT2D eigenvalue weighted by molar-refractivity contribution is 5.97. The first-order valence-corrected chi connectivity index (χ1v) is 8.20. The fourth-order valence-electron chi connectivity index (χ4n) is 3.31. The summed E-state index contributed by atoms with van der Waals surface area (Å²) in [5, 5.41) is 7.97. The number of benzene rings is 1. The highest BCUT2D eigenvalue weighted by Crippen LogP contribution is 2.24. The maximum atomic E-state index is 13.1. The van der Waals surface area contributed by atoms with Crippen molar-refractivity contribution in [2.75, 3.05) is 13.1 Å². The first-order chi connectivity index (χ1) is 11.8. The Hall–Kier alpha value is -2.89. The molecule has 2 aromatic heterocycles. The summed E-state index contributed by atoms with van der Waals surface area (Å²) in [4.78, 5) is 15.0. The molecule has 1 aromatic carbocycles. The molecule has 3 heterocycles. The van der Waals surface area contributed by atoms with Crippen LogP contribution in [0.4, 0.5) is 0 Å². The van der Waals surface area contributed by atoms with E-state index < -0.39 is 0 Å². The molecule has 1 fully saturated rings. The molecule has 1 unspecified atom stereocenters. The Kier molecular flexibility index (Phi) is 3.86. The molecule has 1 saturated heterocycles. The standard InChI is InChI=1S/C18H19N5O/c24-18(16-7-1-2-8-17(16)21-10-3-4-11-21)22-12-5-6-15(14-22)23-13-9-19-20-23/h1-4,7-11,13,15H,5-6,12,14H2. The molecule has 1 atom stereocenters. The number of aromatic nitrogens is 4. The van der Waals surface area contributed by atoms with Crippen molar-refractivity contribution in [3.8, 4) is 5.69 Å². The molecule has 0 bridgehead atoms. The second-order valence-corrected chi connectivity index (χ2v) is 6.04. The zero-order valence-electron chi connectivity index (χ0n) is 13.3. The second-order valence-electron chi connectivity index (χ2n) is 6.04. The van der Waals surface area contributed by atoms with Gasteiger partial charge in [-0.05, 0) is 37.1 Å². The summed E-state index contributed by atoms with van der Waals surface area (Å²) in [6.45, 7) is 1.45. The Bertz CT molecular complexity index is 810. The quantitative estimate of drug-likeness (QED) is 0.745. The number of rotatable bonds is 3. The molecule has 0 radical (unpaired) electrons. The van der Waals surface area contributed by atoms with Crippen molar-refractivity contribution >= 4 is 5.91 Å². The number of amides is 1. The van der Waals surface area contributed by atoms with Crippen LogP contribution in [-0.2, 0) is 0 Å². The third-order valence-electron chi connectivity index (χ3n) is 4.52. The molecule has 6 nitrogen and oxygen atoms in total.